The van der Waals surface area contributed by atoms with Gasteiger partial charge in [0.25, 0.3) is 0 Å². The molecule has 1 aromatic heterocycles. The fraction of sp³-hybridized carbons (Fsp3) is 0.231. The number of carbonyl (C=O) groups is 1. The van der Waals surface area contributed by atoms with Gasteiger partial charge in [-0.05, 0) is 24.3 Å². The van der Waals surface area contributed by atoms with E-state index >= 15 is 0 Å². The molecule has 0 saturated heterocycles. The molecule has 2 rings (SSSR count). The van der Waals surface area contributed by atoms with Crippen molar-refractivity contribution in [1.82, 2.24) is 9.78 Å². The van der Waals surface area contributed by atoms with Crippen LogP contribution in [0, 0.1) is 0 Å². The topological polar surface area (TPSA) is 53.3 Å². The van der Waals surface area contributed by atoms with Crippen LogP contribution in [-0.2, 0) is 8.53 Å². The van der Waals surface area contributed by atoms with Crippen LogP contribution in [-0.4, -0.2) is 30.0 Å². The molecule has 0 fully saturated rings. The molecule has 0 unspecified atom stereocenters. The number of hydrogen-bond donors (Lipinski definition) is 0. The number of esters is 1. The first-order valence-corrected chi connectivity index (χ1v) is 7.39. The van der Waals surface area contributed by atoms with Gasteiger partial charge in [0.2, 0.25) is 3.79 Å². The minimum atomic E-state index is -1.93. The lowest BCUT2D eigenvalue weighted by Crippen LogP contribution is -2.10. The minimum absolute atomic E-state index is 0.00515. The van der Waals surface area contributed by atoms with Crippen molar-refractivity contribution in [1.29, 1.82) is 0 Å². The summed E-state index contributed by atoms with van der Waals surface area (Å²) in [6, 6.07) is 6.81. The van der Waals surface area contributed by atoms with Crippen LogP contribution < -0.4 is 4.74 Å². The van der Waals surface area contributed by atoms with E-state index < -0.39 is 9.76 Å². The van der Waals surface area contributed by atoms with Crippen molar-refractivity contribution in [2.45, 2.75) is 3.79 Å². The zero-order valence-electron chi connectivity index (χ0n) is 11.4. The molecule has 0 aliphatic carbocycles. The van der Waals surface area contributed by atoms with Gasteiger partial charge >= 0.3 is 5.97 Å². The van der Waals surface area contributed by atoms with Gasteiger partial charge in [-0.1, -0.05) is 46.4 Å². The fourth-order valence-electron chi connectivity index (χ4n) is 1.78. The maximum absolute atomic E-state index is 11.8. The Labute approximate surface area is 146 Å². The molecule has 2 aromatic rings. The van der Waals surface area contributed by atoms with Crippen molar-refractivity contribution in [2.24, 2.45) is 0 Å². The van der Waals surface area contributed by atoms with Gasteiger partial charge in [0, 0.05) is 0 Å². The van der Waals surface area contributed by atoms with Crippen LogP contribution >= 0.6 is 46.4 Å². The summed E-state index contributed by atoms with van der Waals surface area (Å²) in [6.07, 6.45) is 0. The second-order valence-corrected chi connectivity index (χ2v) is 6.75. The van der Waals surface area contributed by atoms with E-state index in [0.29, 0.717) is 11.4 Å². The van der Waals surface area contributed by atoms with Crippen molar-refractivity contribution >= 4 is 52.4 Å². The van der Waals surface area contributed by atoms with Crippen LogP contribution in [0.15, 0.2) is 24.3 Å². The number of alkyl halides is 3. The standard InChI is InChI=1S/C13H10Cl4N2O3/c1-21-8-5-3-7(4-6-8)19-11(14)9(13(15,16)17)10(18-19)12(20)22-2/h3-6H,1-2H3. The van der Waals surface area contributed by atoms with Gasteiger partial charge in [-0.25, -0.2) is 9.48 Å². The smallest absolute Gasteiger partial charge is 0.359 e. The van der Waals surface area contributed by atoms with Crippen LogP contribution in [0.5, 0.6) is 5.75 Å². The van der Waals surface area contributed by atoms with E-state index in [0.717, 1.165) is 0 Å². The maximum Gasteiger partial charge on any atom is 0.359 e. The summed E-state index contributed by atoms with van der Waals surface area (Å²) in [4.78, 5) is 11.8. The third kappa shape index (κ3) is 3.27. The van der Waals surface area contributed by atoms with Crippen LogP contribution in [0.25, 0.3) is 5.69 Å². The van der Waals surface area contributed by atoms with Gasteiger partial charge in [-0.15, -0.1) is 0 Å². The number of halogens is 4. The van der Waals surface area contributed by atoms with Crippen molar-refractivity contribution < 1.29 is 14.3 Å². The third-order valence-corrected chi connectivity index (χ3v) is 3.72. The number of methoxy groups -OCH3 is 2. The van der Waals surface area contributed by atoms with Gasteiger partial charge in [-0.3, -0.25) is 0 Å². The molecule has 0 spiro atoms. The summed E-state index contributed by atoms with van der Waals surface area (Å²) in [6.45, 7) is 0. The summed E-state index contributed by atoms with van der Waals surface area (Å²) in [5, 5.41) is 4.09. The van der Waals surface area contributed by atoms with E-state index in [-0.39, 0.29) is 16.4 Å². The number of hydrogen-bond acceptors (Lipinski definition) is 4. The van der Waals surface area contributed by atoms with Crippen LogP contribution in [0.1, 0.15) is 16.1 Å². The van der Waals surface area contributed by atoms with E-state index in [1.165, 1.54) is 11.8 Å². The number of aromatic nitrogens is 2. The second-order valence-electron chi connectivity index (χ2n) is 4.11. The summed E-state index contributed by atoms with van der Waals surface area (Å²) >= 11 is 23.9. The summed E-state index contributed by atoms with van der Waals surface area (Å²) < 4.78 is 9.07. The Balaban J connectivity index is 2.62. The molecule has 0 bridgehead atoms. The van der Waals surface area contributed by atoms with Gasteiger partial charge in [0.15, 0.2) is 5.69 Å². The van der Waals surface area contributed by atoms with Crippen LogP contribution in [0.4, 0.5) is 0 Å². The largest absolute Gasteiger partial charge is 0.497 e. The molecule has 0 atom stereocenters. The normalized spacial score (nSPS) is 11.4. The van der Waals surface area contributed by atoms with Crippen molar-refractivity contribution in [3.8, 4) is 11.4 Å². The molecule has 22 heavy (non-hydrogen) atoms. The lowest BCUT2D eigenvalue weighted by atomic mass is 10.2. The molecule has 0 radical (unpaired) electrons. The number of rotatable bonds is 3. The minimum Gasteiger partial charge on any atom is -0.497 e. The highest BCUT2D eigenvalue weighted by molar-refractivity contribution is 6.67. The van der Waals surface area contributed by atoms with Crippen LogP contribution in [0.3, 0.4) is 0 Å². The van der Waals surface area contributed by atoms with Gasteiger partial charge in [0.1, 0.15) is 10.9 Å². The molecule has 5 nitrogen and oxygen atoms in total. The molecule has 9 heteroatoms. The van der Waals surface area contributed by atoms with E-state index in [1.807, 2.05) is 0 Å². The van der Waals surface area contributed by atoms with Gasteiger partial charge < -0.3 is 9.47 Å². The lowest BCUT2D eigenvalue weighted by molar-refractivity contribution is 0.0592. The quantitative estimate of drug-likeness (QED) is 0.590. The maximum atomic E-state index is 11.8. The summed E-state index contributed by atoms with van der Waals surface area (Å²) in [7, 11) is 2.75. The van der Waals surface area contributed by atoms with Crippen LogP contribution in [0.2, 0.25) is 5.15 Å². The monoisotopic (exact) mass is 382 g/mol. The third-order valence-electron chi connectivity index (χ3n) is 2.81. The zero-order valence-corrected chi connectivity index (χ0v) is 14.5. The Morgan fingerprint density at radius 2 is 1.77 bits per heavy atom. The highest BCUT2D eigenvalue weighted by atomic mass is 35.6. The second kappa shape index (κ2) is 6.54. The average Bonchev–Trinajstić information content (AvgIpc) is 2.84. The number of carbonyl (C=O) groups excluding carboxylic acids is 1. The summed E-state index contributed by atoms with van der Waals surface area (Å²) in [5.41, 5.74) is 0.363. The average molecular weight is 384 g/mol. The Hall–Kier alpha value is -1.14. The lowest BCUT2D eigenvalue weighted by Gasteiger charge is -2.11. The molecule has 0 aliphatic heterocycles. The first-order valence-electron chi connectivity index (χ1n) is 5.88. The van der Waals surface area contributed by atoms with E-state index in [9.17, 15) is 4.79 Å². The SMILES string of the molecule is COC(=O)c1nn(-c2ccc(OC)cc2)c(Cl)c1C(Cl)(Cl)Cl. The molecule has 0 amide bonds. The number of nitrogens with zero attached hydrogens (tertiary/aromatic N) is 2. The molecule has 1 heterocycles. The fourth-order valence-corrected chi connectivity index (χ4v) is 2.83. The van der Waals surface area contributed by atoms with E-state index in [1.54, 1.807) is 31.4 Å². The summed E-state index contributed by atoms with van der Waals surface area (Å²) in [5.74, 6) is -0.0997. The highest BCUT2D eigenvalue weighted by Gasteiger charge is 2.36. The van der Waals surface area contributed by atoms with E-state index in [2.05, 4.69) is 9.84 Å². The zero-order chi connectivity index (χ0) is 16.5. The predicted molar refractivity (Wildman–Crippen MR) is 85.7 cm³/mol. The Bertz CT molecular complexity index is 693. The molecule has 118 valence electrons. The van der Waals surface area contributed by atoms with Gasteiger partial charge in [-0.2, -0.15) is 5.10 Å². The van der Waals surface area contributed by atoms with Gasteiger partial charge in [0.05, 0.1) is 25.5 Å². The molecular weight excluding hydrogens is 374 g/mol. The number of benzene rings is 1. The Morgan fingerprint density at radius 1 is 1.18 bits per heavy atom. The Kier molecular flexibility index (Phi) is 5.12. The Morgan fingerprint density at radius 3 is 2.23 bits per heavy atom. The molecule has 0 saturated carbocycles. The predicted octanol–water partition coefficient (Wildman–Crippen LogP) is 4.15. The van der Waals surface area contributed by atoms with E-state index in [4.69, 9.17) is 51.1 Å². The highest BCUT2D eigenvalue weighted by Crippen LogP contribution is 2.44. The van der Waals surface area contributed by atoms with Crippen molar-refractivity contribution in [2.75, 3.05) is 14.2 Å². The first-order chi connectivity index (χ1) is 10.3. The molecule has 0 aliphatic rings. The molecular formula is C13H10Cl4N2O3. The number of ether oxygens (including phenoxy) is 2. The molecule has 0 N–H and O–H groups in total. The first kappa shape index (κ1) is 17.2. The molecule has 1 aromatic carbocycles. The van der Waals surface area contributed by atoms with Crippen molar-refractivity contribution in [3.05, 3.63) is 40.7 Å². The van der Waals surface area contributed by atoms with Crippen molar-refractivity contribution in [3.63, 3.8) is 0 Å².